The van der Waals surface area contributed by atoms with Crippen molar-refractivity contribution in [3.05, 3.63) is 45.9 Å². The van der Waals surface area contributed by atoms with E-state index >= 15 is 0 Å². The average Bonchev–Trinajstić information content (AvgIpc) is 2.91. The zero-order valence-corrected chi connectivity index (χ0v) is 12.9. The number of hydrogen-bond donors (Lipinski definition) is 1. The van der Waals surface area contributed by atoms with Crippen LogP contribution in [0, 0.1) is 6.92 Å². The van der Waals surface area contributed by atoms with Crippen LogP contribution in [-0.4, -0.2) is 31.2 Å². The molecule has 2 aromatic rings. The molecule has 0 saturated heterocycles. The van der Waals surface area contributed by atoms with Crippen LogP contribution in [0.5, 0.6) is 5.75 Å². The van der Waals surface area contributed by atoms with E-state index < -0.39 is 0 Å². The number of amides is 1. The maximum absolute atomic E-state index is 11.8. The van der Waals surface area contributed by atoms with E-state index in [9.17, 15) is 4.79 Å². The van der Waals surface area contributed by atoms with E-state index in [1.807, 2.05) is 12.3 Å². The van der Waals surface area contributed by atoms with E-state index in [4.69, 9.17) is 9.47 Å². The molecule has 2 rings (SSSR count). The van der Waals surface area contributed by atoms with Crippen LogP contribution in [0.1, 0.15) is 21.1 Å². The summed E-state index contributed by atoms with van der Waals surface area (Å²) in [7, 11) is 1.60. The fourth-order valence-corrected chi connectivity index (χ4v) is 2.37. The number of carbonyl (C=O) groups is 1. The zero-order chi connectivity index (χ0) is 15.1. The number of ether oxygens (including phenoxy) is 2. The molecule has 112 valence electrons. The first-order valence-electron chi connectivity index (χ1n) is 6.60. The molecule has 0 atom stereocenters. The van der Waals surface area contributed by atoms with Crippen LogP contribution in [0.4, 0.5) is 0 Å². The lowest BCUT2D eigenvalue weighted by atomic mass is 10.2. The fourth-order valence-electron chi connectivity index (χ4n) is 1.69. The summed E-state index contributed by atoms with van der Waals surface area (Å²) < 4.78 is 10.5. The highest BCUT2D eigenvalue weighted by molar-refractivity contribution is 7.09. The van der Waals surface area contributed by atoms with Gasteiger partial charge in [-0.05, 0) is 31.2 Å². The van der Waals surface area contributed by atoms with Crippen molar-refractivity contribution in [1.29, 1.82) is 0 Å². The normalized spacial score (nSPS) is 10.4. The summed E-state index contributed by atoms with van der Waals surface area (Å²) in [4.78, 5) is 16.1. The number of rotatable bonds is 7. The Kier molecular flexibility index (Phi) is 5.71. The molecule has 21 heavy (non-hydrogen) atoms. The van der Waals surface area contributed by atoms with Gasteiger partial charge < -0.3 is 14.8 Å². The quantitative estimate of drug-likeness (QED) is 0.798. The van der Waals surface area contributed by atoms with Gasteiger partial charge in [0, 0.05) is 30.3 Å². The summed E-state index contributed by atoms with van der Waals surface area (Å²) >= 11 is 1.58. The topological polar surface area (TPSA) is 60.5 Å². The van der Waals surface area contributed by atoms with Crippen LogP contribution < -0.4 is 10.1 Å². The SMILES string of the molecule is COCCNC(=O)c1ccc(OCc2nc(C)cs2)cc1. The lowest BCUT2D eigenvalue weighted by Crippen LogP contribution is -2.26. The first-order chi connectivity index (χ1) is 10.2. The largest absolute Gasteiger partial charge is 0.486 e. The van der Waals surface area contributed by atoms with E-state index in [1.54, 1.807) is 42.7 Å². The Morgan fingerprint density at radius 2 is 2.10 bits per heavy atom. The summed E-state index contributed by atoms with van der Waals surface area (Å²) in [5.74, 6) is 0.602. The molecule has 0 fully saturated rings. The molecule has 1 aromatic heterocycles. The smallest absolute Gasteiger partial charge is 0.251 e. The zero-order valence-electron chi connectivity index (χ0n) is 12.1. The Morgan fingerprint density at radius 1 is 1.33 bits per heavy atom. The van der Waals surface area contributed by atoms with E-state index in [-0.39, 0.29) is 5.91 Å². The molecule has 1 aromatic carbocycles. The molecular formula is C15H18N2O3S. The molecule has 0 unspecified atom stereocenters. The van der Waals surface area contributed by atoms with Crippen molar-refractivity contribution in [2.75, 3.05) is 20.3 Å². The van der Waals surface area contributed by atoms with Gasteiger partial charge in [-0.3, -0.25) is 4.79 Å². The van der Waals surface area contributed by atoms with Crippen molar-refractivity contribution >= 4 is 17.2 Å². The number of hydrogen-bond acceptors (Lipinski definition) is 5. The number of benzene rings is 1. The maximum atomic E-state index is 11.8. The first-order valence-corrected chi connectivity index (χ1v) is 7.48. The van der Waals surface area contributed by atoms with E-state index in [0.29, 0.717) is 25.3 Å². The molecule has 1 heterocycles. The Morgan fingerprint density at radius 3 is 2.71 bits per heavy atom. The molecule has 0 saturated carbocycles. The van der Waals surface area contributed by atoms with Gasteiger partial charge in [0.05, 0.1) is 6.61 Å². The van der Waals surface area contributed by atoms with Gasteiger partial charge in [-0.15, -0.1) is 11.3 Å². The average molecular weight is 306 g/mol. The molecule has 1 N–H and O–H groups in total. The molecule has 0 aliphatic heterocycles. The molecule has 0 aliphatic rings. The van der Waals surface area contributed by atoms with Gasteiger partial charge in [-0.1, -0.05) is 0 Å². The van der Waals surface area contributed by atoms with Crippen LogP contribution >= 0.6 is 11.3 Å². The standard InChI is InChI=1S/C15H18N2O3S/c1-11-10-21-14(17-11)9-20-13-5-3-12(4-6-13)15(18)16-7-8-19-2/h3-6,10H,7-9H2,1-2H3,(H,16,18). The second kappa shape index (κ2) is 7.75. The summed E-state index contributed by atoms with van der Waals surface area (Å²) in [6, 6.07) is 7.05. The summed E-state index contributed by atoms with van der Waals surface area (Å²) in [6.45, 7) is 3.39. The van der Waals surface area contributed by atoms with Crippen LogP contribution in [0.25, 0.3) is 0 Å². The lowest BCUT2D eigenvalue weighted by Gasteiger charge is -2.07. The maximum Gasteiger partial charge on any atom is 0.251 e. The van der Waals surface area contributed by atoms with Crippen LogP contribution in [-0.2, 0) is 11.3 Å². The van der Waals surface area contributed by atoms with Gasteiger partial charge in [0.15, 0.2) is 0 Å². The molecule has 1 amide bonds. The lowest BCUT2D eigenvalue weighted by molar-refractivity contribution is 0.0937. The Labute approximate surface area is 127 Å². The van der Waals surface area contributed by atoms with Crippen LogP contribution in [0.2, 0.25) is 0 Å². The number of nitrogens with zero attached hydrogens (tertiary/aromatic N) is 1. The van der Waals surface area contributed by atoms with Crippen molar-refractivity contribution in [2.24, 2.45) is 0 Å². The molecule has 6 heteroatoms. The number of nitrogens with one attached hydrogen (secondary N) is 1. The second-order valence-corrected chi connectivity index (χ2v) is 5.39. The number of aromatic nitrogens is 1. The highest BCUT2D eigenvalue weighted by Gasteiger charge is 2.05. The van der Waals surface area contributed by atoms with Crippen molar-refractivity contribution in [1.82, 2.24) is 10.3 Å². The minimum atomic E-state index is -0.117. The predicted octanol–water partition coefficient (Wildman–Crippen LogP) is 2.41. The number of aryl methyl sites for hydroxylation is 1. The molecular weight excluding hydrogens is 288 g/mol. The predicted molar refractivity (Wildman–Crippen MR) is 81.8 cm³/mol. The monoisotopic (exact) mass is 306 g/mol. The number of thiazole rings is 1. The van der Waals surface area contributed by atoms with E-state index in [1.165, 1.54) is 0 Å². The van der Waals surface area contributed by atoms with Gasteiger partial charge in [-0.2, -0.15) is 0 Å². The summed E-state index contributed by atoms with van der Waals surface area (Å²) in [5.41, 5.74) is 1.60. The van der Waals surface area contributed by atoms with Crippen molar-refractivity contribution < 1.29 is 14.3 Å². The third-order valence-corrected chi connectivity index (χ3v) is 3.68. The highest BCUT2D eigenvalue weighted by atomic mass is 32.1. The molecule has 0 aliphatic carbocycles. The van der Waals surface area contributed by atoms with E-state index in [0.717, 1.165) is 16.5 Å². The van der Waals surface area contributed by atoms with Gasteiger partial charge in [-0.25, -0.2) is 4.98 Å². The second-order valence-electron chi connectivity index (χ2n) is 4.44. The first kappa shape index (κ1) is 15.5. The number of carbonyl (C=O) groups excluding carboxylic acids is 1. The minimum absolute atomic E-state index is 0.117. The highest BCUT2D eigenvalue weighted by Crippen LogP contribution is 2.16. The van der Waals surface area contributed by atoms with Crippen LogP contribution in [0.15, 0.2) is 29.6 Å². The summed E-state index contributed by atoms with van der Waals surface area (Å²) in [6.07, 6.45) is 0. The van der Waals surface area contributed by atoms with Gasteiger partial charge in [0.25, 0.3) is 5.91 Å². The molecule has 0 radical (unpaired) electrons. The third-order valence-electron chi connectivity index (χ3n) is 2.74. The molecule has 0 bridgehead atoms. The van der Waals surface area contributed by atoms with Gasteiger partial charge in [0.2, 0.25) is 0 Å². The van der Waals surface area contributed by atoms with Crippen molar-refractivity contribution in [3.63, 3.8) is 0 Å². The van der Waals surface area contributed by atoms with Crippen LogP contribution in [0.3, 0.4) is 0 Å². The van der Waals surface area contributed by atoms with Crippen molar-refractivity contribution in [2.45, 2.75) is 13.5 Å². The third kappa shape index (κ3) is 4.84. The Balaban J connectivity index is 1.85. The molecule has 5 nitrogen and oxygen atoms in total. The Hall–Kier alpha value is -1.92. The van der Waals surface area contributed by atoms with Gasteiger partial charge in [0.1, 0.15) is 17.4 Å². The fraction of sp³-hybridized carbons (Fsp3) is 0.333. The van der Waals surface area contributed by atoms with Gasteiger partial charge >= 0.3 is 0 Å². The Bertz CT molecular complexity index is 581. The summed E-state index contributed by atoms with van der Waals surface area (Å²) in [5, 5.41) is 5.70. The van der Waals surface area contributed by atoms with Crippen molar-refractivity contribution in [3.8, 4) is 5.75 Å². The van der Waals surface area contributed by atoms with E-state index in [2.05, 4.69) is 10.3 Å². The number of methoxy groups -OCH3 is 1. The minimum Gasteiger partial charge on any atom is -0.486 e. The molecule has 0 spiro atoms.